The van der Waals surface area contributed by atoms with Crippen molar-refractivity contribution in [1.29, 1.82) is 0 Å². The number of hydrogen-bond acceptors (Lipinski definition) is 2. The lowest BCUT2D eigenvalue weighted by atomic mass is 10.0. The first kappa shape index (κ1) is 11.2. The largest absolute Gasteiger partial charge is 0.252 e. The third-order valence-corrected chi connectivity index (χ3v) is 2.38. The Labute approximate surface area is 86.5 Å². The lowest BCUT2D eigenvalue weighted by Gasteiger charge is -2.05. The van der Waals surface area contributed by atoms with E-state index in [2.05, 4.69) is 37.3 Å². The van der Waals surface area contributed by atoms with Crippen LogP contribution in [0.15, 0.2) is 6.20 Å². The van der Waals surface area contributed by atoms with Crippen LogP contribution in [0.5, 0.6) is 0 Å². The fraction of sp³-hybridized carbons (Fsp3) is 0.818. The van der Waals surface area contributed by atoms with Crippen molar-refractivity contribution in [2.24, 2.45) is 5.92 Å². The van der Waals surface area contributed by atoms with E-state index in [0.29, 0.717) is 0 Å². The summed E-state index contributed by atoms with van der Waals surface area (Å²) in [5.74, 6) is 0.728. The van der Waals surface area contributed by atoms with Gasteiger partial charge >= 0.3 is 0 Å². The van der Waals surface area contributed by atoms with Gasteiger partial charge in [-0.1, -0.05) is 38.8 Å². The zero-order valence-electron chi connectivity index (χ0n) is 9.53. The Bertz CT molecular complexity index is 255. The molecule has 0 N–H and O–H groups in total. The van der Waals surface area contributed by atoms with Crippen LogP contribution in [-0.2, 0) is 13.0 Å². The third kappa shape index (κ3) is 3.48. The summed E-state index contributed by atoms with van der Waals surface area (Å²) in [4.78, 5) is 0. The van der Waals surface area contributed by atoms with Crippen molar-refractivity contribution in [1.82, 2.24) is 15.0 Å². The highest BCUT2D eigenvalue weighted by Gasteiger charge is 2.05. The molecule has 0 aliphatic rings. The summed E-state index contributed by atoms with van der Waals surface area (Å²) in [7, 11) is 0. The molecule has 14 heavy (non-hydrogen) atoms. The van der Waals surface area contributed by atoms with Gasteiger partial charge in [-0.2, -0.15) is 0 Å². The molecule has 0 radical (unpaired) electrons. The Morgan fingerprint density at radius 3 is 2.79 bits per heavy atom. The summed E-state index contributed by atoms with van der Waals surface area (Å²) in [5.41, 5.74) is 1.14. The monoisotopic (exact) mass is 195 g/mol. The van der Waals surface area contributed by atoms with E-state index < -0.39 is 0 Å². The van der Waals surface area contributed by atoms with Crippen molar-refractivity contribution >= 4 is 0 Å². The van der Waals surface area contributed by atoms with Crippen molar-refractivity contribution < 1.29 is 0 Å². The molecule has 0 saturated carbocycles. The van der Waals surface area contributed by atoms with E-state index >= 15 is 0 Å². The van der Waals surface area contributed by atoms with Crippen molar-refractivity contribution in [2.45, 2.75) is 53.0 Å². The van der Waals surface area contributed by atoms with Gasteiger partial charge in [-0.15, -0.1) is 5.10 Å². The lowest BCUT2D eigenvalue weighted by Crippen LogP contribution is -1.99. The standard InChI is InChI=1S/C11H21N3/c1-4-6-10(3)8-11-9-14(7-5-2)13-12-11/h9-10H,4-8H2,1-3H3. The Morgan fingerprint density at radius 2 is 2.14 bits per heavy atom. The Balaban J connectivity index is 2.42. The molecule has 0 aromatic carbocycles. The highest BCUT2D eigenvalue weighted by molar-refractivity contribution is 4.93. The van der Waals surface area contributed by atoms with Crippen LogP contribution in [0.2, 0.25) is 0 Å². The van der Waals surface area contributed by atoms with Crippen LogP contribution in [-0.4, -0.2) is 15.0 Å². The first-order valence-electron chi connectivity index (χ1n) is 5.65. The number of aryl methyl sites for hydroxylation is 1. The van der Waals surface area contributed by atoms with E-state index in [1.165, 1.54) is 12.8 Å². The molecule has 1 aromatic heterocycles. The van der Waals surface area contributed by atoms with Gasteiger partial charge in [0.05, 0.1) is 5.69 Å². The van der Waals surface area contributed by atoms with Gasteiger partial charge in [0.15, 0.2) is 0 Å². The summed E-state index contributed by atoms with van der Waals surface area (Å²) in [5, 5.41) is 8.26. The quantitative estimate of drug-likeness (QED) is 0.698. The Kier molecular flexibility index (Phi) is 4.63. The summed E-state index contributed by atoms with van der Waals surface area (Å²) >= 11 is 0. The SMILES string of the molecule is CCCC(C)Cc1cn(CCC)nn1. The summed E-state index contributed by atoms with van der Waals surface area (Å²) in [6.45, 7) is 7.64. The van der Waals surface area contributed by atoms with Gasteiger partial charge in [0.2, 0.25) is 0 Å². The number of aromatic nitrogens is 3. The van der Waals surface area contributed by atoms with Crippen molar-refractivity contribution in [3.05, 3.63) is 11.9 Å². The van der Waals surface area contributed by atoms with Gasteiger partial charge in [0.25, 0.3) is 0 Å². The minimum absolute atomic E-state index is 0.728. The summed E-state index contributed by atoms with van der Waals surface area (Å²) < 4.78 is 1.94. The van der Waals surface area contributed by atoms with Crippen LogP contribution in [0.4, 0.5) is 0 Å². The molecule has 0 fully saturated rings. The average Bonchev–Trinajstić information content (AvgIpc) is 2.53. The second kappa shape index (κ2) is 5.78. The molecule has 3 nitrogen and oxygen atoms in total. The normalized spacial score (nSPS) is 13.1. The molecule has 1 heterocycles. The van der Waals surface area contributed by atoms with Crippen LogP contribution in [0.1, 0.15) is 45.7 Å². The maximum Gasteiger partial charge on any atom is 0.0829 e. The molecule has 0 amide bonds. The average molecular weight is 195 g/mol. The first-order valence-corrected chi connectivity index (χ1v) is 5.65. The predicted molar refractivity (Wildman–Crippen MR) is 58.1 cm³/mol. The van der Waals surface area contributed by atoms with Crippen LogP contribution >= 0.6 is 0 Å². The first-order chi connectivity index (χ1) is 6.76. The van der Waals surface area contributed by atoms with Crippen molar-refractivity contribution in [3.63, 3.8) is 0 Å². The van der Waals surface area contributed by atoms with E-state index in [9.17, 15) is 0 Å². The molecule has 80 valence electrons. The van der Waals surface area contributed by atoms with Gasteiger partial charge in [0, 0.05) is 12.7 Å². The van der Waals surface area contributed by atoms with Crippen LogP contribution in [0, 0.1) is 5.92 Å². The molecule has 1 aromatic rings. The molecule has 0 saturated heterocycles. The molecule has 0 spiro atoms. The Hall–Kier alpha value is -0.860. The second-order valence-electron chi connectivity index (χ2n) is 4.07. The van der Waals surface area contributed by atoms with Crippen molar-refractivity contribution in [3.8, 4) is 0 Å². The minimum Gasteiger partial charge on any atom is -0.252 e. The third-order valence-electron chi connectivity index (χ3n) is 2.38. The van der Waals surface area contributed by atoms with Crippen LogP contribution < -0.4 is 0 Å². The van der Waals surface area contributed by atoms with Gasteiger partial charge in [0.1, 0.15) is 0 Å². The molecular weight excluding hydrogens is 174 g/mol. The van der Waals surface area contributed by atoms with Crippen molar-refractivity contribution in [2.75, 3.05) is 0 Å². The molecule has 0 aliphatic carbocycles. The topological polar surface area (TPSA) is 30.7 Å². The fourth-order valence-corrected chi connectivity index (χ4v) is 1.72. The molecular formula is C11H21N3. The van der Waals surface area contributed by atoms with E-state index in [-0.39, 0.29) is 0 Å². The number of rotatable bonds is 6. The van der Waals surface area contributed by atoms with E-state index in [0.717, 1.165) is 31.0 Å². The van der Waals surface area contributed by atoms with Gasteiger partial charge in [-0.3, -0.25) is 4.68 Å². The fourth-order valence-electron chi connectivity index (χ4n) is 1.72. The molecule has 1 atom stereocenters. The van der Waals surface area contributed by atoms with Gasteiger partial charge in [-0.05, 0) is 18.8 Å². The molecule has 1 rings (SSSR count). The number of nitrogens with zero attached hydrogens (tertiary/aromatic N) is 3. The highest BCUT2D eigenvalue weighted by atomic mass is 15.4. The van der Waals surface area contributed by atoms with E-state index in [1.807, 2.05) is 4.68 Å². The zero-order chi connectivity index (χ0) is 10.4. The Morgan fingerprint density at radius 1 is 1.36 bits per heavy atom. The molecule has 3 heteroatoms. The van der Waals surface area contributed by atoms with Gasteiger partial charge < -0.3 is 0 Å². The molecule has 1 unspecified atom stereocenters. The molecule has 0 aliphatic heterocycles. The predicted octanol–water partition coefficient (Wildman–Crippen LogP) is 2.67. The lowest BCUT2D eigenvalue weighted by molar-refractivity contribution is 0.516. The smallest absolute Gasteiger partial charge is 0.0829 e. The highest BCUT2D eigenvalue weighted by Crippen LogP contribution is 2.11. The van der Waals surface area contributed by atoms with E-state index in [4.69, 9.17) is 0 Å². The van der Waals surface area contributed by atoms with Crippen LogP contribution in [0.3, 0.4) is 0 Å². The zero-order valence-corrected chi connectivity index (χ0v) is 9.53. The second-order valence-corrected chi connectivity index (χ2v) is 4.07. The molecule has 0 bridgehead atoms. The van der Waals surface area contributed by atoms with Gasteiger partial charge in [-0.25, -0.2) is 0 Å². The summed E-state index contributed by atoms with van der Waals surface area (Å²) in [6.07, 6.45) is 6.80. The van der Waals surface area contributed by atoms with E-state index in [1.54, 1.807) is 0 Å². The maximum atomic E-state index is 4.17. The maximum absolute atomic E-state index is 4.17. The summed E-state index contributed by atoms with van der Waals surface area (Å²) in [6, 6.07) is 0. The number of hydrogen-bond donors (Lipinski definition) is 0. The van der Waals surface area contributed by atoms with Crippen LogP contribution in [0.25, 0.3) is 0 Å². The minimum atomic E-state index is 0.728.